The third kappa shape index (κ3) is 2.17. The van der Waals surface area contributed by atoms with Gasteiger partial charge in [-0.15, -0.1) is 0 Å². The van der Waals surface area contributed by atoms with E-state index in [2.05, 4.69) is 57.2 Å². The van der Waals surface area contributed by atoms with Crippen LogP contribution in [0.15, 0.2) is 42.5 Å². The molecule has 21 heavy (non-hydrogen) atoms. The van der Waals surface area contributed by atoms with Crippen LogP contribution in [0.3, 0.4) is 0 Å². The lowest BCUT2D eigenvalue weighted by Gasteiger charge is -2.25. The van der Waals surface area contributed by atoms with Gasteiger partial charge in [0.05, 0.1) is 6.04 Å². The van der Waals surface area contributed by atoms with Gasteiger partial charge in [-0.05, 0) is 64.4 Å². The summed E-state index contributed by atoms with van der Waals surface area (Å²) in [5.41, 5.74) is 4.70. The van der Waals surface area contributed by atoms with Crippen molar-refractivity contribution in [3.05, 3.63) is 68.7 Å². The van der Waals surface area contributed by atoms with Crippen LogP contribution in [-0.4, -0.2) is 11.5 Å². The number of hydrogen-bond acceptors (Lipinski definition) is 1. The average Bonchev–Trinajstić information content (AvgIpc) is 2.86. The van der Waals surface area contributed by atoms with Gasteiger partial charge in [0.15, 0.2) is 0 Å². The van der Waals surface area contributed by atoms with E-state index in [4.69, 9.17) is 0 Å². The molecule has 0 aliphatic carbocycles. The zero-order chi connectivity index (χ0) is 14.4. The molecule has 1 aliphatic rings. The van der Waals surface area contributed by atoms with Crippen LogP contribution in [0, 0.1) is 9.39 Å². The molecule has 2 nitrogen and oxygen atoms in total. The lowest BCUT2D eigenvalue weighted by molar-refractivity contribution is 0.558. The highest BCUT2D eigenvalue weighted by atomic mass is 127. The van der Waals surface area contributed by atoms with E-state index in [9.17, 15) is 4.39 Å². The molecule has 4 rings (SSSR count). The zero-order valence-electron chi connectivity index (χ0n) is 11.3. The second-order valence-electron chi connectivity index (χ2n) is 5.37. The molecule has 2 N–H and O–H groups in total. The molecular weight excluding hydrogens is 378 g/mol. The second-order valence-corrected chi connectivity index (χ2v) is 6.53. The number of benzene rings is 2. The normalized spacial score (nSPS) is 17.9. The largest absolute Gasteiger partial charge is 0.357 e. The highest BCUT2D eigenvalue weighted by Crippen LogP contribution is 2.35. The van der Waals surface area contributed by atoms with Crippen molar-refractivity contribution in [2.75, 3.05) is 6.54 Å². The summed E-state index contributed by atoms with van der Waals surface area (Å²) in [6, 6.07) is 13.5. The van der Waals surface area contributed by atoms with Crippen molar-refractivity contribution in [2.24, 2.45) is 0 Å². The maximum atomic E-state index is 13.5. The van der Waals surface area contributed by atoms with Crippen molar-refractivity contribution in [1.29, 1.82) is 0 Å². The number of fused-ring (bicyclic) bond motifs is 3. The molecular formula is C17H14FIN2. The van der Waals surface area contributed by atoms with E-state index in [1.54, 1.807) is 6.07 Å². The molecule has 2 heterocycles. The molecule has 1 unspecified atom stereocenters. The summed E-state index contributed by atoms with van der Waals surface area (Å²) in [6.07, 6.45) is 0.929. The molecule has 0 amide bonds. The number of aromatic amines is 1. The number of H-pyrrole nitrogens is 1. The quantitative estimate of drug-likeness (QED) is 0.599. The summed E-state index contributed by atoms with van der Waals surface area (Å²) < 4.78 is 14.8. The van der Waals surface area contributed by atoms with Gasteiger partial charge >= 0.3 is 0 Å². The Bertz CT molecular complexity index is 825. The monoisotopic (exact) mass is 392 g/mol. The Labute approximate surface area is 135 Å². The van der Waals surface area contributed by atoms with Crippen molar-refractivity contribution < 1.29 is 4.39 Å². The Hall–Kier alpha value is -1.40. The molecule has 2 aromatic carbocycles. The first-order chi connectivity index (χ1) is 10.2. The molecule has 0 bridgehead atoms. The first-order valence-electron chi connectivity index (χ1n) is 7.02. The van der Waals surface area contributed by atoms with Crippen molar-refractivity contribution in [1.82, 2.24) is 10.3 Å². The number of rotatable bonds is 1. The fourth-order valence-corrected chi connectivity index (χ4v) is 3.87. The van der Waals surface area contributed by atoms with Crippen molar-refractivity contribution in [2.45, 2.75) is 12.5 Å². The van der Waals surface area contributed by atoms with Crippen LogP contribution >= 0.6 is 22.6 Å². The Balaban J connectivity index is 1.92. The van der Waals surface area contributed by atoms with E-state index in [0.29, 0.717) is 0 Å². The standard InChI is InChI=1S/C17H14FIN2/c18-10-5-6-15-13(9-10)11-7-8-20-16(17(11)21-15)12-3-1-2-4-14(12)19/h1-6,9,16,20-21H,7-8H2. The SMILES string of the molecule is Fc1ccc2[nH]c3c(c2c1)CCNC3c1ccccc1I. The first kappa shape index (κ1) is 13.3. The topological polar surface area (TPSA) is 27.8 Å². The highest BCUT2D eigenvalue weighted by Gasteiger charge is 2.26. The number of halogens is 2. The maximum Gasteiger partial charge on any atom is 0.123 e. The first-order valence-corrected chi connectivity index (χ1v) is 8.10. The molecule has 1 aromatic heterocycles. The van der Waals surface area contributed by atoms with Gasteiger partial charge < -0.3 is 10.3 Å². The van der Waals surface area contributed by atoms with Crippen molar-refractivity contribution in [3.8, 4) is 0 Å². The molecule has 0 fully saturated rings. The van der Waals surface area contributed by atoms with Gasteiger partial charge in [0, 0.05) is 26.7 Å². The molecule has 1 atom stereocenters. The number of aromatic nitrogens is 1. The molecule has 1 aliphatic heterocycles. The molecule has 106 valence electrons. The van der Waals surface area contributed by atoms with Gasteiger partial charge in [-0.2, -0.15) is 0 Å². The lowest BCUT2D eigenvalue weighted by atomic mass is 9.94. The van der Waals surface area contributed by atoms with Gasteiger partial charge in [0.1, 0.15) is 5.82 Å². The molecule has 4 heteroatoms. The number of nitrogens with one attached hydrogen (secondary N) is 2. The predicted octanol–water partition coefficient (Wildman–Crippen LogP) is 4.15. The Morgan fingerprint density at radius 2 is 2.00 bits per heavy atom. The smallest absolute Gasteiger partial charge is 0.123 e. The maximum absolute atomic E-state index is 13.5. The van der Waals surface area contributed by atoms with Crippen LogP contribution < -0.4 is 5.32 Å². The van der Waals surface area contributed by atoms with Gasteiger partial charge in [-0.1, -0.05) is 18.2 Å². The Morgan fingerprint density at radius 3 is 2.86 bits per heavy atom. The van der Waals surface area contributed by atoms with Crippen LogP contribution in [0.5, 0.6) is 0 Å². The third-order valence-corrected chi connectivity index (χ3v) is 5.11. The second kappa shape index (κ2) is 5.10. The fraction of sp³-hybridized carbons (Fsp3) is 0.176. The van der Waals surface area contributed by atoms with E-state index >= 15 is 0 Å². The van der Waals surface area contributed by atoms with Crippen LogP contribution in [0.1, 0.15) is 22.9 Å². The summed E-state index contributed by atoms with van der Waals surface area (Å²) >= 11 is 2.37. The van der Waals surface area contributed by atoms with Crippen LogP contribution in [0.25, 0.3) is 10.9 Å². The minimum Gasteiger partial charge on any atom is -0.357 e. The van der Waals surface area contributed by atoms with Gasteiger partial charge in [-0.3, -0.25) is 0 Å². The fourth-order valence-electron chi connectivity index (χ4n) is 3.17. The van der Waals surface area contributed by atoms with Gasteiger partial charge in [-0.25, -0.2) is 4.39 Å². The predicted molar refractivity (Wildman–Crippen MR) is 91.0 cm³/mol. The molecule has 0 radical (unpaired) electrons. The van der Waals surface area contributed by atoms with E-state index in [1.807, 2.05) is 6.07 Å². The van der Waals surface area contributed by atoms with E-state index in [1.165, 1.54) is 26.5 Å². The summed E-state index contributed by atoms with van der Waals surface area (Å²) in [6.45, 7) is 0.909. The van der Waals surface area contributed by atoms with Crippen LogP contribution in [0.2, 0.25) is 0 Å². The third-order valence-electron chi connectivity index (χ3n) is 4.13. The molecule has 3 aromatic rings. The molecule has 0 saturated carbocycles. The van der Waals surface area contributed by atoms with E-state index < -0.39 is 0 Å². The van der Waals surface area contributed by atoms with E-state index in [-0.39, 0.29) is 11.9 Å². The summed E-state index contributed by atoms with van der Waals surface area (Å²) in [5, 5.41) is 4.59. The summed E-state index contributed by atoms with van der Waals surface area (Å²) in [5.74, 6) is -0.173. The minimum atomic E-state index is -0.173. The highest BCUT2D eigenvalue weighted by molar-refractivity contribution is 14.1. The van der Waals surface area contributed by atoms with E-state index in [0.717, 1.165) is 23.9 Å². The van der Waals surface area contributed by atoms with Crippen LogP contribution in [-0.2, 0) is 6.42 Å². The summed E-state index contributed by atoms with van der Waals surface area (Å²) in [7, 11) is 0. The Morgan fingerprint density at radius 1 is 1.14 bits per heavy atom. The van der Waals surface area contributed by atoms with Gasteiger partial charge in [0.25, 0.3) is 0 Å². The lowest BCUT2D eigenvalue weighted by Crippen LogP contribution is -2.30. The van der Waals surface area contributed by atoms with Gasteiger partial charge in [0.2, 0.25) is 0 Å². The van der Waals surface area contributed by atoms with Crippen molar-refractivity contribution >= 4 is 33.5 Å². The van der Waals surface area contributed by atoms with Crippen LogP contribution in [0.4, 0.5) is 4.39 Å². The Kier molecular flexibility index (Phi) is 3.23. The minimum absolute atomic E-state index is 0.150. The molecule has 0 saturated heterocycles. The molecule has 0 spiro atoms. The zero-order valence-corrected chi connectivity index (χ0v) is 13.4. The number of hydrogen-bond donors (Lipinski definition) is 2. The average molecular weight is 392 g/mol. The van der Waals surface area contributed by atoms with Crippen molar-refractivity contribution in [3.63, 3.8) is 0 Å². The summed E-state index contributed by atoms with van der Waals surface area (Å²) in [4.78, 5) is 3.49.